The molecule has 0 fully saturated rings. The van der Waals surface area contributed by atoms with Crippen LogP contribution in [-0.2, 0) is 4.79 Å². The molecule has 2 aromatic rings. The van der Waals surface area contributed by atoms with Gasteiger partial charge < -0.3 is 24.3 Å². The van der Waals surface area contributed by atoms with E-state index in [-0.39, 0.29) is 19.3 Å². The smallest absolute Gasteiger partial charge is 0.257 e. The van der Waals surface area contributed by atoms with Crippen LogP contribution >= 0.6 is 0 Å². The number of hydrogen-bond acceptors (Lipinski definition) is 5. The van der Waals surface area contributed by atoms with Crippen molar-refractivity contribution in [1.82, 2.24) is 5.32 Å². The summed E-state index contributed by atoms with van der Waals surface area (Å²) >= 11 is 0. The SMILES string of the molecule is CNC(=O)COc1ccccc1-c1cc2c(cc1OC)OCO2. The lowest BCUT2D eigenvalue weighted by molar-refractivity contribution is -0.122. The molecule has 6 heteroatoms. The van der Waals surface area contributed by atoms with Crippen LogP contribution < -0.4 is 24.3 Å². The van der Waals surface area contributed by atoms with Crippen LogP contribution in [0, 0.1) is 0 Å². The van der Waals surface area contributed by atoms with Crippen molar-refractivity contribution in [3.05, 3.63) is 36.4 Å². The van der Waals surface area contributed by atoms with Crippen molar-refractivity contribution in [2.75, 3.05) is 27.6 Å². The fraction of sp³-hybridized carbons (Fsp3) is 0.235. The maximum absolute atomic E-state index is 11.4. The van der Waals surface area contributed by atoms with E-state index in [1.165, 1.54) is 0 Å². The third kappa shape index (κ3) is 3.01. The molecule has 0 bridgehead atoms. The summed E-state index contributed by atoms with van der Waals surface area (Å²) < 4.78 is 21.9. The molecule has 1 aliphatic heterocycles. The van der Waals surface area contributed by atoms with Gasteiger partial charge in [-0.15, -0.1) is 0 Å². The molecule has 0 spiro atoms. The van der Waals surface area contributed by atoms with E-state index in [4.69, 9.17) is 18.9 Å². The van der Waals surface area contributed by atoms with Crippen LogP contribution in [0.3, 0.4) is 0 Å². The Morgan fingerprint density at radius 2 is 1.87 bits per heavy atom. The molecule has 0 saturated carbocycles. The van der Waals surface area contributed by atoms with Crippen molar-refractivity contribution >= 4 is 5.91 Å². The van der Waals surface area contributed by atoms with E-state index in [0.29, 0.717) is 23.0 Å². The molecule has 0 radical (unpaired) electrons. The predicted molar refractivity (Wildman–Crippen MR) is 84.1 cm³/mol. The largest absolute Gasteiger partial charge is 0.496 e. The van der Waals surface area contributed by atoms with Crippen molar-refractivity contribution in [2.45, 2.75) is 0 Å². The van der Waals surface area contributed by atoms with Crippen LogP contribution in [0.5, 0.6) is 23.0 Å². The zero-order valence-corrected chi connectivity index (χ0v) is 12.9. The molecule has 3 rings (SSSR count). The number of amides is 1. The highest BCUT2D eigenvalue weighted by molar-refractivity contribution is 5.80. The van der Waals surface area contributed by atoms with E-state index in [9.17, 15) is 4.79 Å². The van der Waals surface area contributed by atoms with Crippen molar-refractivity contribution in [3.8, 4) is 34.1 Å². The van der Waals surface area contributed by atoms with Crippen LogP contribution in [-0.4, -0.2) is 33.5 Å². The summed E-state index contributed by atoms with van der Waals surface area (Å²) in [6.07, 6.45) is 0. The predicted octanol–water partition coefficient (Wildman–Crippen LogP) is 2.22. The number of benzene rings is 2. The minimum absolute atomic E-state index is 0.0552. The highest BCUT2D eigenvalue weighted by Gasteiger charge is 2.20. The van der Waals surface area contributed by atoms with Gasteiger partial charge in [-0.05, 0) is 12.1 Å². The second kappa shape index (κ2) is 6.48. The van der Waals surface area contributed by atoms with Crippen molar-refractivity contribution < 1.29 is 23.7 Å². The molecular weight excluding hydrogens is 298 g/mol. The first-order valence-corrected chi connectivity index (χ1v) is 7.13. The van der Waals surface area contributed by atoms with Crippen molar-refractivity contribution in [3.63, 3.8) is 0 Å². The third-order valence-corrected chi connectivity index (χ3v) is 3.51. The molecular formula is C17H17NO5. The Hall–Kier alpha value is -2.89. The first kappa shape index (κ1) is 15.0. The van der Waals surface area contributed by atoms with Crippen molar-refractivity contribution in [1.29, 1.82) is 0 Å². The van der Waals surface area contributed by atoms with Gasteiger partial charge in [0.2, 0.25) is 6.79 Å². The molecule has 1 aliphatic rings. The number of fused-ring (bicyclic) bond motifs is 1. The Morgan fingerprint density at radius 3 is 2.61 bits per heavy atom. The van der Waals surface area contributed by atoms with Gasteiger partial charge in [0.25, 0.3) is 5.91 Å². The third-order valence-electron chi connectivity index (χ3n) is 3.51. The summed E-state index contributed by atoms with van der Waals surface area (Å²) in [5.74, 6) is 2.34. The van der Waals surface area contributed by atoms with E-state index in [1.807, 2.05) is 30.3 Å². The fourth-order valence-corrected chi connectivity index (χ4v) is 2.33. The maximum atomic E-state index is 11.4. The summed E-state index contributed by atoms with van der Waals surface area (Å²) in [5, 5.41) is 2.53. The lowest BCUT2D eigenvalue weighted by atomic mass is 10.0. The van der Waals surface area contributed by atoms with Gasteiger partial charge in [-0.2, -0.15) is 0 Å². The minimum atomic E-state index is -0.197. The van der Waals surface area contributed by atoms with E-state index in [1.54, 1.807) is 20.2 Å². The Labute approximate surface area is 133 Å². The number of methoxy groups -OCH3 is 1. The van der Waals surface area contributed by atoms with Crippen LogP contribution in [0.2, 0.25) is 0 Å². The van der Waals surface area contributed by atoms with Crippen LogP contribution in [0.25, 0.3) is 11.1 Å². The zero-order valence-electron chi connectivity index (χ0n) is 12.9. The molecule has 0 saturated heterocycles. The maximum Gasteiger partial charge on any atom is 0.257 e. The molecule has 1 heterocycles. The molecule has 23 heavy (non-hydrogen) atoms. The molecule has 120 valence electrons. The fourth-order valence-electron chi connectivity index (χ4n) is 2.33. The van der Waals surface area contributed by atoms with Gasteiger partial charge in [-0.3, -0.25) is 4.79 Å². The number of likely N-dealkylation sites (N-methyl/N-ethyl adjacent to an activating group) is 1. The first-order valence-electron chi connectivity index (χ1n) is 7.13. The highest BCUT2D eigenvalue weighted by Crippen LogP contribution is 2.44. The number of carbonyl (C=O) groups excluding carboxylic acids is 1. The van der Waals surface area contributed by atoms with E-state index < -0.39 is 0 Å². The quantitative estimate of drug-likeness (QED) is 0.916. The number of nitrogens with one attached hydrogen (secondary N) is 1. The second-order valence-electron chi connectivity index (χ2n) is 4.86. The highest BCUT2D eigenvalue weighted by atomic mass is 16.7. The van der Waals surface area contributed by atoms with Gasteiger partial charge in [0.05, 0.1) is 7.11 Å². The molecule has 1 N–H and O–H groups in total. The molecule has 0 aromatic heterocycles. The van der Waals surface area contributed by atoms with Crippen LogP contribution in [0.4, 0.5) is 0 Å². The summed E-state index contributed by atoms with van der Waals surface area (Å²) in [5.41, 5.74) is 1.62. The van der Waals surface area contributed by atoms with Gasteiger partial charge in [-0.25, -0.2) is 0 Å². The van der Waals surface area contributed by atoms with Gasteiger partial charge >= 0.3 is 0 Å². The average Bonchev–Trinajstić information content (AvgIpc) is 3.06. The summed E-state index contributed by atoms with van der Waals surface area (Å²) in [7, 11) is 3.16. The standard InChI is InChI=1S/C17H17NO5/c1-18-17(19)9-21-13-6-4-3-5-11(13)12-7-15-16(23-10-22-15)8-14(12)20-2/h3-8H,9-10H2,1-2H3,(H,18,19). The summed E-state index contributed by atoms with van der Waals surface area (Å²) in [6, 6.07) is 11.1. The Bertz CT molecular complexity index is 729. The minimum Gasteiger partial charge on any atom is -0.496 e. The number of rotatable bonds is 5. The number of para-hydroxylation sites is 1. The first-order chi connectivity index (χ1) is 11.2. The van der Waals surface area contributed by atoms with Gasteiger partial charge in [0, 0.05) is 24.2 Å². The Balaban J connectivity index is 2.00. The van der Waals surface area contributed by atoms with Gasteiger partial charge in [-0.1, -0.05) is 18.2 Å². The van der Waals surface area contributed by atoms with E-state index in [0.717, 1.165) is 11.1 Å². The average molecular weight is 315 g/mol. The number of ether oxygens (including phenoxy) is 4. The molecule has 0 aliphatic carbocycles. The Kier molecular flexibility index (Phi) is 4.23. The molecule has 1 amide bonds. The van der Waals surface area contributed by atoms with Gasteiger partial charge in [0.1, 0.15) is 11.5 Å². The summed E-state index contributed by atoms with van der Waals surface area (Å²) in [4.78, 5) is 11.4. The van der Waals surface area contributed by atoms with E-state index in [2.05, 4.69) is 5.32 Å². The Morgan fingerprint density at radius 1 is 1.13 bits per heavy atom. The van der Waals surface area contributed by atoms with Gasteiger partial charge in [0.15, 0.2) is 18.1 Å². The second-order valence-corrected chi connectivity index (χ2v) is 4.86. The van der Waals surface area contributed by atoms with Crippen LogP contribution in [0.15, 0.2) is 36.4 Å². The lowest BCUT2D eigenvalue weighted by Gasteiger charge is -2.14. The molecule has 0 atom stereocenters. The molecule has 6 nitrogen and oxygen atoms in total. The molecule has 2 aromatic carbocycles. The molecule has 0 unspecified atom stereocenters. The number of hydrogen-bond donors (Lipinski definition) is 1. The normalized spacial score (nSPS) is 11.9. The topological polar surface area (TPSA) is 66.0 Å². The summed E-state index contributed by atoms with van der Waals surface area (Å²) in [6.45, 7) is 0.136. The zero-order chi connectivity index (χ0) is 16.2. The lowest BCUT2D eigenvalue weighted by Crippen LogP contribution is -2.24. The number of carbonyl (C=O) groups is 1. The van der Waals surface area contributed by atoms with E-state index >= 15 is 0 Å². The monoisotopic (exact) mass is 315 g/mol. The van der Waals surface area contributed by atoms with Crippen molar-refractivity contribution in [2.24, 2.45) is 0 Å². The van der Waals surface area contributed by atoms with Crippen LogP contribution in [0.1, 0.15) is 0 Å².